The van der Waals surface area contributed by atoms with Crippen LogP contribution in [0, 0.1) is 11.8 Å². The number of pyridine rings is 1. The number of hydrogen-bond acceptors (Lipinski definition) is 7. The van der Waals surface area contributed by atoms with Gasteiger partial charge in [0.15, 0.2) is 11.5 Å². The lowest BCUT2D eigenvalue weighted by molar-refractivity contribution is 0.0742. The fourth-order valence-corrected chi connectivity index (χ4v) is 4.20. The van der Waals surface area contributed by atoms with E-state index in [0.717, 1.165) is 11.3 Å². The molecule has 196 valence electrons. The van der Waals surface area contributed by atoms with E-state index < -0.39 is 0 Å². The smallest absolute Gasteiger partial charge is 0.274 e. The van der Waals surface area contributed by atoms with Gasteiger partial charge in [0.2, 0.25) is 0 Å². The van der Waals surface area contributed by atoms with Crippen LogP contribution in [0.3, 0.4) is 0 Å². The van der Waals surface area contributed by atoms with E-state index in [-0.39, 0.29) is 11.8 Å². The summed E-state index contributed by atoms with van der Waals surface area (Å²) in [7, 11) is 0. The Morgan fingerprint density at radius 1 is 0.921 bits per heavy atom. The predicted octanol–water partition coefficient (Wildman–Crippen LogP) is 3.11. The normalized spacial score (nSPS) is 12.9. The first-order valence-electron chi connectivity index (χ1n) is 12.9. The second kappa shape index (κ2) is 12.7. The lowest BCUT2D eigenvalue weighted by Crippen LogP contribution is -2.49. The van der Waals surface area contributed by atoms with E-state index in [1.54, 1.807) is 29.4 Å². The molecule has 0 saturated carbocycles. The van der Waals surface area contributed by atoms with Gasteiger partial charge >= 0.3 is 0 Å². The largest absolute Gasteiger partial charge is 0.494 e. The Labute approximate surface area is 223 Å². The SMILES string of the molecule is CCOc1cccc(C#Cc2cncc(C(=O)N3CCN(c4ccc(C(=O)N(CC)CC)nn4)CC3)c2)c1. The molecule has 1 fully saturated rings. The summed E-state index contributed by atoms with van der Waals surface area (Å²) in [6, 6.07) is 12.9. The molecule has 3 aromatic rings. The van der Waals surface area contributed by atoms with Crippen molar-refractivity contribution in [3.05, 3.63) is 77.2 Å². The van der Waals surface area contributed by atoms with Crippen molar-refractivity contribution >= 4 is 17.6 Å². The molecule has 0 atom stereocenters. The highest BCUT2D eigenvalue weighted by molar-refractivity contribution is 5.94. The van der Waals surface area contributed by atoms with E-state index in [1.807, 2.05) is 56.0 Å². The van der Waals surface area contributed by atoms with Crippen molar-refractivity contribution in [3.8, 4) is 17.6 Å². The van der Waals surface area contributed by atoms with Crippen LogP contribution in [0.2, 0.25) is 0 Å². The average Bonchev–Trinajstić information content (AvgIpc) is 2.97. The number of benzene rings is 1. The predicted molar refractivity (Wildman–Crippen MR) is 145 cm³/mol. The summed E-state index contributed by atoms with van der Waals surface area (Å²) in [5, 5.41) is 8.41. The van der Waals surface area contributed by atoms with E-state index in [1.165, 1.54) is 0 Å². The summed E-state index contributed by atoms with van der Waals surface area (Å²) in [4.78, 5) is 35.5. The van der Waals surface area contributed by atoms with Gasteiger partial charge < -0.3 is 19.4 Å². The highest BCUT2D eigenvalue weighted by Gasteiger charge is 2.24. The van der Waals surface area contributed by atoms with Crippen molar-refractivity contribution in [3.63, 3.8) is 0 Å². The van der Waals surface area contributed by atoms with E-state index in [2.05, 4.69) is 31.9 Å². The molecule has 2 amide bonds. The fourth-order valence-electron chi connectivity index (χ4n) is 4.20. The zero-order valence-electron chi connectivity index (χ0n) is 22.1. The molecule has 9 heteroatoms. The molecule has 1 aliphatic heterocycles. The number of aromatic nitrogens is 3. The molecule has 0 bridgehead atoms. The van der Waals surface area contributed by atoms with Gasteiger partial charge in [-0.2, -0.15) is 0 Å². The molecule has 0 unspecified atom stereocenters. The molecule has 4 rings (SSSR count). The zero-order valence-corrected chi connectivity index (χ0v) is 22.1. The molecule has 2 aromatic heterocycles. The van der Waals surface area contributed by atoms with Crippen LogP contribution in [0.25, 0.3) is 0 Å². The molecule has 1 aliphatic rings. The molecule has 1 aromatic carbocycles. The number of anilines is 1. The number of piperazine rings is 1. The van der Waals surface area contributed by atoms with Crippen molar-refractivity contribution in [2.24, 2.45) is 0 Å². The van der Waals surface area contributed by atoms with Gasteiger partial charge in [-0.1, -0.05) is 17.9 Å². The topological polar surface area (TPSA) is 91.8 Å². The number of ether oxygens (including phenoxy) is 1. The van der Waals surface area contributed by atoms with Gasteiger partial charge in [0, 0.05) is 62.8 Å². The van der Waals surface area contributed by atoms with Crippen LogP contribution in [0.1, 0.15) is 52.7 Å². The van der Waals surface area contributed by atoms with Gasteiger partial charge in [-0.05, 0) is 57.2 Å². The number of nitrogens with zero attached hydrogens (tertiary/aromatic N) is 6. The summed E-state index contributed by atoms with van der Waals surface area (Å²) >= 11 is 0. The highest BCUT2D eigenvalue weighted by atomic mass is 16.5. The minimum Gasteiger partial charge on any atom is -0.494 e. The molecule has 0 N–H and O–H groups in total. The third-order valence-electron chi connectivity index (χ3n) is 6.29. The van der Waals surface area contributed by atoms with Crippen molar-refractivity contribution < 1.29 is 14.3 Å². The highest BCUT2D eigenvalue weighted by Crippen LogP contribution is 2.16. The summed E-state index contributed by atoms with van der Waals surface area (Å²) < 4.78 is 5.53. The Hall–Kier alpha value is -4.45. The number of rotatable bonds is 7. The lowest BCUT2D eigenvalue weighted by atomic mass is 10.1. The molecular formula is C29H32N6O3. The average molecular weight is 513 g/mol. The van der Waals surface area contributed by atoms with Gasteiger partial charge in [0.05, 0.1) is 12.2 Å². The molecular weight excluding hydrogens is 480 g/mol. The fraction of sp³-hybridized carbons (Fsp3) is 0.345. The maximum absolute atomic E-state index is 13.2. The molecule has 3 heterocycles. The maximum atomic E-state index is 13.2. The quantitative estimate of drug-likeness (QED) is 0.449. The molecule has 0 radical (unpaired) electrons. The second-order valence-electron chi connectivity index (χ2n) is 8.71. The van der Waals surface area contributed by atoms with Crippen molar-refractivity contribution in [1.29, 1.82) is 0 Å². The van der Waals surface area contributed by atoms with Gasteiger partial charge in [-0.15, -0.1) is 10.2 Å². The standard InChI is InChI=1S/C29H32N6O3/c1-4-33(5-2)29(37)26-12-13-27(32-31-26)34-14-16-35(17-15-34)28(36)24-18-23(20-30-21-24)11-10-22-8-7-9-25(19-22)38-6-3/h7-9,12-13,18-21H,4-6,14-17H2,1-3H3. The number of amides is 2. The molecule has 38 heavy (non-hydrogen) atoms. The summed E-state index contributed by atoms with van der Waals surface area (Å²) in [5.41, 5.74) is 2.35. The number of hydrogen-bond donors (Lipinski definition) is 0. The summed E-state index contributed by atoms with van der Waals surface area (Å²) in [5.74, 6) is 7.48. The van der Waals surface area contributed by atoms with Gasteiger partial charge in [0.25, 0.3) is 11.8 Å². The first-order chi connectivity index (χ1) is 18.5. The Bertz CT molecular complexity index is 1320. The van der Waals surface area contributed by atoms with Crippen LogP contribution in [0.4, 0.5) is 5.82 Å². The molecule has 9 nitrogen and oxygen atoms in total. The monoisotopic (exact) mass is 512 g/mol. The van der Waals surface area contributed by atoms with Crippen molar-refractivity contribution in [2.75, 3.05) is 50.8 Å². The Morgan fingerprint density at radius 2 is 1.68 bits per heavy atom. The van der Waals surface area contributed by atoms with Crippen molar-refractivity contribution in [2.45, 2.75) is 20.8 Å². The van der Waals surface area contributed by atoms with E-state index in [4.69, 9.17) is 4.74 Å². The van der Waals surface area contributed by atoms with E-state index in [0.29, 0.717) is 68.5 Å². The van der Waals surface area contributed by atoms with Gasteiger partial charge in [-0.25, -0.2) is 0 Å². The molecule has 1 saturated heterocycles. The van der Waals surface area contributed by atoms with Crippen LogP contribution in [-0.2, 0) is 0 Å². The number of carbonyl (C=O) groups excluding carboxylic acids is 2. The Morgan fingerprint density at radius 3 is 2.37 bits per heavy atom. The zero-order chi connectivity index (χ0) is 26.9. The summed E-state index contributed by atoms with van der Waals surface area (Å²) in [6.45, 7) is 9.98. The van der Waals surface area contributed by atoms with Crippen LogP contribution >= 0.6 is 0 Å². The summed E-state index contributed by atoms with van der Waals surface area (Å²) in [6.07, 6.45) is 3.23. The minimum absolute atomic E-state index is 0.0783. The van der Waals surface area contributed by atoms with Gasteiger partial charge in [-0.3, -0.25) is 14.6 Å². The first kappa shape index (κ1) is 26.6. The lowest BCUT2D eigenvalue weighted by Gasteiger charge is -2.35. The first-order valence-corrected chi connectivity index (χ1v) is 12.9. The third-order valence-corrected chi connectivity index (χ3v) is 6.29. The molecule has 0 aliphatic carbocycles. The Balaban J connectivity index is 1.36. The minimum atomic E-state index is -0.121. The van der Waals surface area contributed by atoms with Crippen molar-refractivity contribution in [1.82, 2.24) is 25.0 Å². The molecule has 0 spiro atoms. The van der Waals surface area contributed by atoms with Gasteiger partial charge in [0.1, 0.15) is 5.75 Å². The van der Waals surface area contributed by atoms with Crippen LogP contribution in [-0.4, -0.2) is 82.7 Å². The maximum Gasteiger partial charge on any atom is 0.274 e. The van der Waals surface area contributed by atoms with Crippen LogP contribution in [0.15, 0.2) is 54.9 Å². The van der Waals surface area contributed by atoms with E-state index >= 15 is 0 Å². The second-order valence-corrected chi connectivity index (χ2v) is 8.71. The number of carbonyl (C=O) groups is 2. The van der Waals surface area contributed by atoms with Crippen LogP contribution in [0.5, 0.6) is 5.75 Å². The van der Waals surface area contributed by atoms with Crippen LogP contribution < -0.4 is 9.64 Å². The van der Waals surface area contributed by atoms with E-state index in [9.17, 15) is 9.59 Å². The Kier molecular flexibility index (Phi) is 8.88. The third kappa shape index (κ3) is 6.45.